The molecule has 0 aliphatic carbocycles. The van der Waals surface area contributed by atoms with Crippen LogP contribution in [0.4, 0.5) is 11.5 Å². The SMILES string of the molecule is CCc1cnc(C)nc1N1CCC(NCCNc2ccncc2C)CC1. The van der Waals surface area contributed by atoms with Crippen molar-refractivity contribution in [3.8, 4) is 0 Å². The number of rotatable bonds is 7. The second-order valence-electron chi connectivity index (χ2n) is 6.95. The van der Waals surface area contributed by atoms with E-state index in [-0.39, 0.29) is 0 Å². The number of anilines is 2. The summed E-state index contributed by atoms with van der Waals surface area (Å²) in [5.41, 5.74) is 3.61. The number of pyridine rings is 1. The van der Waals surface area contributed by atoms with Crippen LogP contribution in [0, 0.1) is 13.8 Å². The molecule has 0 aromatic carbocycles. The predicted octanol–water partition coefficient (Wildman–Crippen LogP) is 2.72. The molecule has 1 aliphatic heterocycles. The van der Waals surface area contributed by atoms with Crippen molar-refractivity contribution in [3.05, 3.63) is 41.6 Å². The number of piperidine rings is 1. The molecule has 0 spiro atoms. The van der Waals surface area contributed by atoms with Crippen LogP contribution in [0.5, 0.6) is 0 Å². The highest BCUT2D eigenvalue weighted by Crippen LogP contribution is 2.22. The molecule has 0 atom stereocenters. The van der Waals surface area contributed by atoms with Crippen molar-refractivity contribution in [1.82, 2.24) is 20.3 Å². The smallest absolute Gasteiger partial charge is 0.135 e. The van der Waals surface area contributed by atoms with Crippen LogP contribution < -0.4 is 15.5 Å². The Morgan fingerprint density at radius 2 is 1.96 bits per heavy atom. The molecule has 2 N–H and O–H groups in total. The second-order valence-corrected chi connectivity index (χ2v) is 6.95. The van der Waals surface area contributed by atoms with Gasteiger partial charge in [0.15, 0.2) is 0 Å². The zero-order valence-corrected chi connectivity index (χ0v) is 16.1. The maximum atomic E-state index is 4.69. The molecule has 0 bridgehead atoms. The summed E-state index contributed by atoms with van der Waals surface area (Å²) in [6.07, 6.45) is 8.99. The van der Waals surface area contributed by atoms with Crippen molar-refractivity contribution in [2.45, 2.75) is 46.1 Å². The summed E-state index contributed by atoms with van der Waals surface area (Å²) in [6.45, 7) is 10.2. The summed E-state index contributed by atoms with van der Waals surface area (Å²) < 4.78 is 0. The van der Waals surface area contributed by atoms with Gasteiger partial charge in [-0.2, -0.15) is 0 Å². The van der Waals surface area contributed by atoms with Gasteiger partial charge in [-0.05, 0) is 44.7 Å². The van der Waals surface area contributed by atoms with Crippen LogP contribution in [-0.2, 0) is 6.42 Å². The fourth-order valence-corrected chi connectivity index (χ4v) is 3.45. The molecule has 2 aromatic heterocycles. The monoisotopic (exact) mass is 354 g/mol. The van der Waals surface area contributed by atoms with Crippen LogP contribution in [0.3, 0.4) is 0 Å². The number of hydrogen-bond acceptors (Lipinski definition) is 6. The van der Waals surface area contributed by atoms with E-state index in [9.17, 15) is 0 Å². The average Bonchev–Trinajstić information content (AvgIpc) is 2.67. The lowest BCUT2D eigenvalue weighted by atomic mass is 10.0. The molecular weight excluding hydrogens is 324 g/mol. The molecule has 26 heavy (non-hydrogen) atoms. The number of hydrogen-bond donors (Lipinski definition) is 2. The Labute approximate surface area is 156 Å². The highest BCUT2D eigenvalue weighted by molar-refractivity contribution is 5.48. The molecular formula is C20H30N6. The molecule has 3 heterocycles. The molecule has 1 aliphatic rings. The summed E-state index contributed by atoms with van der Waals surface area (Å²) in [4.78, 5) is 15.6. The highest BCUT2D eigenvalue weighted by atomic mass is 15.2. The first kappa shape index (κ1) is 18.6. The average molecular weight is 355 g/mol. The van der Waals surface area contributed by atoms with Crippen LogP contribution in [0.1, 0.15) is 36.7 Å². The van der Waals surface area contributed by atoms with E-state index in [1.807, 2.05) is 31.6 Å². The molecule has 0 amide bonds. The zero-order valence-electron chi connectivity index (χ0n) is 16.1. The third kappa shape index (κ3) is 4.69. The van der Waals surface area contributed by atoms with Gasteiger partial charge >= 0.3 is 0 Å². The van der Waals surface area contributed by atoms with Crippen molar-refractivity contribution in [3.63, 3.8) is 0 Å². The maximum absolute atomic E-state index is 4.69. The first-order valence-electron chi connectivity index (χ1n) is 9.62. The van der Waals surface area contributed by atoms with E-state index >= 15 is 0 Å². The minimum atomic E-state index is 0.583. The summed E-state index contributed by atoms with van der Waals surface area (Å²) in [5.74, 6) is 1.99. The van der Waals surface area contributed by atoms with Crippen molar-refractivity contribution in [2.75, 3.05) is 36.4 Å². The molecule has 0 radical (unpaired) electrons. The minimum Gasteiger partial charge on any atom is -0.383 e. The molecule has 6 nitrogen and oxygen atoms in total. The molecule has 6 heteroatoms. The Hall–Kier alpha value is -2.21. The molecule has 1 saturated heterocycles. The van der Waals surface area contributed by atoms with E-state index in [1.165, 1.54) is 16.8 Å². The first-order chi connectivity index (χ1) is 12.7. The summed E-state index contributed by atoms with van der Waals surface area (Å²) >= 11 is 0. The Morgan fingerprint density at radius 1 is 1.15 bits per heavy atom. The van der Waals surface area contributed by atoms with Gasteiger partial charge in [0, 0.05) is 62.1 Å². The van der Waals surface area contributed by atoms with Gasteiger partial charge in [-0.3, -0.25) is 4.98 Å². The third-order valence-corrected chi connectivity index (χ3v) is 5.03. The topological polar surface area (TPSA) is 66.0 Å². The number of aryl methyl sites for hydroxylation is 3. The second kappa shape index (κ2) is 8.94. The Morgan fingerprint density at radius 3 is 2.69 bits per heavy atom. The molecule has 140 valence electrons. The van der Waals surface area contributed by atoms with E-state index in [1.54, 1.807) is 0 Å². The summed E-state index contributed by atoms with van der Waals surface area (Å²) in [5, 5.41) is 7.16. The van der Waals surface area contributed by atoms with E-state index in [2.05, 4.69) is 44.3 Å². The van der Waals surface area contributed by atoms with Gasteiger partial charge in [0.2, 0.25) is 0 Å². The van der Waals surface area contributed by atoms with E-state index < -0.39 is 0 Å². The number of nitrogens with one attached hydrogen (secondary N) is 2. The number of nitrogens with zero attached hydrogens (tertiary/aromatic N) is 4. The van der Waals surface area contributed by atoms with Gasteiger partial charge in [-0.1, -0.05) is 6.92 Å². The Kier molecular flexibility index (Phi) is 6.39. The molecule has 3 rings (SSSR count). The van der Waals surface area contributed by atoms with Crippen molar-refractivity contribution in [2.24, 2.45) is 0 Å². The molecule has 0 saturated carbocycles. The summed E-state index contributed by atoms with van der Waals surface area (Å²) in [6, 6.07) is 2.61. The van der Waals surface area contributed by atoms with Gasteiger partial charge in [0.25, 0.3) is 0 Å². The lowest BCUT2D eigenvalue weighted by molar-refractivity contribution is 0.419. The third-order valence-electron chi connectivity index (χ3n) is 5.03. The van der Waals surface area contributed by atoms with Gasteiger partial charge in [-0.25, -0.2) is 9.97 Å². The minimum absolute atomic E-state index is 0.583. The number of aromatic nitrogens is 3. The van der Waals surface area contributed by atoms with Gasteiger partial charge < -0.3 is 15.5 Å². The van der Waals surface area contributed by atoms with E-state index in [0.717, 1.165) is 57.1 Å². The zero-order chi connectivity index (χ0) is 18.4. The van der Waals surface area contributed by atoms with E-state index in [0.29, 0.717) is 6.04 Å². The standard InChI is InChI=1S/C20H30N6/c1-4-17-14-24-16(3)25-20(17)26-11-6-18(7-12-26)22-9-10-23-19-5-8-21-13-15(19)2/h5,8,13-14,18,22H,4,6-7,9-12H2,1-3H3,(H,21,23). The highest BCUT2D eigenvalue weighted by Gasteiger charge is 2.21. The fraction of sp³-hybridized carbons (Fsp3) is 0.550. The van der Waals surface area contributed by atoms with Crippen LogP contribution in [0.2, 0.25) is 0 Å². The summed E-state index contributed by atoms with van der Waals surface area (Å²) in [7, 11) is 0. The fourth-order valence-electron chi connectivity index (χ4n) is 3.45. The van der Waals surface area contributed by atoms with Crippen LogP contribution in [0.25, 0.3) is 0 Å². The van der Waals surface area contributed by atoms with Crippen LogP contribution in [0.15, 0.2) is 24.7 Å². The van der Waals surface area contributed by atoms with Crippen molar-refractivity contribution < 1.29 is 0 Å². The normalized spacial score (nSPS) is 15.3. The largest absolute Gasteiger partial charge is 0.383 e. The Balaban J connectivity index is 1.43. The lowest BCUT2D eigenvalue weighted by Gasteiger charge is -2.34. The van der Waals surface area contributed by atoms with Crippen LogP contribution in [-0.4, -0.2) is 47.2 Å². The predicted molar refractivity (Wildman–Crippen MR) is 107 cm³/mol. The maximum Gasteiger partial charge on any atom is 0.135 e. The van der Waals surface area contributed by atoms with Gasteiger partial charge in [-0.15, -0.1) is 0 Å². The van der Waals surface area contributed by atoms with Crippen molar-refractivity contribution >= 4 is 11.5 Å². The van der Waals surface area contributed by atoms with Crippen LogP contribution >= 0.6 is 0 Å². The van der Waals surface area contributed by atoms with Gasteiger partial charge in [0.1, 0.15) is 11.6 Å². The van der Waals surface area contributed by atoms with Crippen molar-refractivity contribution in [1.29, 1.82) is 0 Å². The molecule has 0 unspecified atom stereocenters. The van der Waals surface area contributed by atoms with E-state index in [4.69, 9.17) is 0 Å². The first-order valence-corrected chi connectivity index (χ1v) is 9.62. The quantitative estimate of drug-likeness (QED) is 0.746. The molecule has 2 aromatic rings. The Bertz CT molecular complexity index is 709. The molecule has 1 fully saturated rings. The van der Waals surface area contributed by atoms with Gasteiger partial charge in [0.05, 0.1) is 0 Å². The lowest BCUT2D eigenvalue weighted by Crippen LogP contribution is -2.44.